The second-order valence-electron chi connectivity index (χ2n) is 6.74. The molecule has 9 heteroatoms. The van der Waals surface area contributed by atoms with Crippen LogP contribution in [0.3, 0.4) is 0 Å². The minimum Gasteiger partial charge on any atom is -0.467 e. The normalized spacial score (nSPS) is 15.2. The number of carbonyl (C=O) groups is 1. The Labute approximate surface area is 157 Å². The van der Waals surface area contributed by atoms with Gasteiger partial charge in [-0.1, -0.05) is 0 Å². The molecule has 0 saturated carbocycles. The topological polar surface area (TPSA) is 94.0 Å². The first-order valence-electron chi connectivity index (χ1n) is 9.11. The molecule has 1 saturated heterocycles. The second kappa shape index (κ2) is 7.65. The van der Waals surface area contributed by atoms with Crippen LogP contribution in [0.2, 0.25) is 0 Å². The van der Waals surface area contributed by atoms with Crippen molar-refractivity contribution in [3.63, 3.8) is 0 Å². The number of aromatic nitrogens is 5. The molecule has 0 atom stereocenters. The van der Waals surface area contributed by atoms with Crippen LogP contribution in [-0.4, -0.2) is 48.6 Å². The molecule has 4 rings (SSSR count). The van der Waals surface area contributed by atoms with E-state index in [-0.39, 0.29) is 6.03 Å². The summed E-state index contributed by atoms with van der Waals surface area (Å²) in [7, 11) is 2.00. The maximum atomic E-state index is 12.3. The lowest BCUT2D eigenvalue weighted by Gasteiger charge is -2.31. The van der Waals surface area contributed by atoms with Crippen LogP contribution in [0.5, 0.6) is 0 Å². The van der Waals surface area contributed by atoms with Gasteiger partial charge in [0, 0.05) is 38.4 Å². The highest BCUT2D eigenvalue weighted by molar-refractivity contribution is 5.74. The summed E-state index contributed by atoms with van der Waals surface area (Å²) in [6.45, 7) is 2.42. The Morgan fingerprint density at radius 1 is 1.30 bits per heavy atom. The van der Waals surface area contributed by atoms with Crippen molar-refractivity contribution in [1.82, 2.24) is 34.8 Å². The number of nitrogens with zero attached hydrogens (tertiary/aromatic N) is 6. The smallest absolute Gasteiger partial charge is 0.317 e. The number of urea groups is 1. The molecule has 1 N–H and O–H groups in total. The molecule has 0 spiro atoms. The van der Waals surface area contributed by atoms with Crippen molar-refractivity contribution in [2.75, 3.05) is 13.1 Å². The monoisotopic (exact) mass is 369 g/mol. The van der Waals surface area contributed by atoms with Crippen LogP contribution < -0.4 is 5.32 Å². The van der Waals surface area contributed by atoms with E-state index in [0.29, 0.717) is 32.1 Å². The lowest BCUT2D eigenvalue weighted by molar-refractivity contribution is 0.178. The molecule has 0 bridgehead atoms. The zero-order valence-corrected chi connectivity index (χ0v) is 15.3. The van der Waals surface area contributed by atoms with Gasteiger partial charge in [-0.3, -0.25) is 4.68 Å². The standard InChI is InChI=1S/C18H23N7O2/c1-23-16(13-25-8-3-7-20-25)21-22-17(23)14-5-9-24(10-6-14)18(26)19-12-15-4-2-11-27-15/h2-4,7-8,11,14H,5-6,9-10,12-13H2,1H3,(H,19,26). The van der Waals surface area contributed by atoms with Crippen molar-refractivity contribution in [2.24, 2.45) is 7.05 Å². The molecule has 1 aliphatic rings. The van der Waals surface area contributed by atoms with E-state index in [2.05, 4.69) is 25.2 Å². The van der Waals surface area contributed by atoms with Crippen molar-refractivity contribution in [3.05, 3.63) is 54.3 Å². The van der Waals surface area contributed by atoms with Gasteiger partial charge in [-0.05, 0) is 31.0 Å². The van der Waals surface area contributed by atoms with Crippen LogP contribution in [0.25, 0.3) is 0 Å². The van der Waals surface area contributed by atoms with Gasteiger partial charge in [-0.2, -0.15) is 5.10 Å². The summed E-state index contributed by atoms with van der Waals surface area (Å²) in [5.74, 6) is 2.92. The molecule has 0 aliphatic carbocycles. The van der Waals surface area contributed by atoms with Gasteiger partial charge in [0.1, 0.15) is 18.1 Å². The third kappa shape index (κ3) is 3.86. The van der Waals surface area contributed by atoms with Crippen molar-refractivity contribution < 1.29 is 9.21 Å². The van der Waals surface area contributed by atoms with Crippen molar-refractivity contribution in [1.29, 1.82) is 0 Å². The Balaban J connectivity index is 1.31. The van der Waals surface area contributed by atoms with Crippen molar-refractivity contribution >= 4 is 6.03 Å². The van der Waals surface area contributed by atoms with E-state index >= 15 is 0 Å². The Hall–Kier alpha value is -3.10. The number of hydrogen-bond donors (Lipinski definition) is 1. The van der Waals surface area contributed by atoms with E-state index < -0.39 is 0 Å². The fourth-order valence-corrected chi connectivity index (χ4v) is 3.44. The van der Waals surface area contributed by atoms with Gasteiger partial charge in [0.2, 0.25) is 0 Å². The molecule has 3 aromatic heterocycles. The summed E-state index contributed by atoms with van der Waals surface area (Å²) in [5.41, 5.74) is 0. The third-order valence-electron chi connectivity index (χ3n) is 5.00. The maximum Gasteiger partial charge on any atom is 0.317 e. The van der Waals surface area contributed by atoms with Gasteiger partial charge in [0.05, 0.1) is 12.8 Å². The molecule has 0 unspecified atom stereocenters. The Bertz CT molecular complexity index is 862. The number of furan rings is 1. The SMILES string of the molecule is Cn1c(Cn2cccn2)nnc1C1CCN(C(=O)NCc2ccco2)CC1. The highest BCUT2D eigenvalue weighted by Crippen LogP contribution is 2.27. The lowest BCUT2D eigenvalue weighted by Crippen LogP contribution is -2.44. The van der Waals surface area contributed by atoms with Gasteiger partial charge in [-0.15, -0.1) is 10.2 Å². The van der Waals surface area contributed by atoms with Crippen molar-refractivity contribution in [2.45, 2.75) is 31.8 Å². The first-order valence-corrected chi connectivity index (χ1v) is 9.11. The molecule has 2 amide bonds. The number of hydrogen-bond acceptors (Lipinski definition) is 5. The molecule has 3 aromatic rings. The maximum absolute atomic E-state index is 12.3. The molecule has 0 aromatic carbocycles. The van der Waals surface area contributed by atoms with Crippen LogP contribution in [0, 0.1) is 0 Å². The minimum atomic E-state index is -0.0535. The fraction of sp³-hybridized carbons (Fsp3) is 0.444. The van der Waals surface area contributed by atoms with Gasteiger partial charge >= 0.3 is 6.03 Å². The molecule has 4 heterocycles. The molecule has 142 valence electrons. The quantitative estimate of drug-likeness (QED) is 0.739. The largest absolute Gasteiger partial charge is 0.467 e. The van der Waals surface area contributed by atoms with E-state index in [9.17, 15) is 4.79 Å². The predicted molar refractivity (Wildman–Crippen MR) is 96.8 cm³/mol. The summed E-state index contributed by atoms with van der Waals surface area (Å²) < 4.78 is 9.13. The third-order valence-corrected chi connectivity index (χ3v) is 5.00. The fourth-order valence-electron chi connectivity index (χ4n) is 3.44. The molecular formula is C18H23N7O2. The molecule has 1 fully saturated rings. The first kappa shape index (κ1) is 17.3. The van der Waals surface area contributed by atoms with Crippen LogP contribution >= 0.6 is 0 Å². The lowest BCUT2D eigenvalue weighted by atomic mass is 9.96. The van der Waals surface area contributed by atoms with Gasteiger partial charge < -0.3 is 19.2 Å². The zero-order valence-electron chi connectivity index (χ0n) is 15.3. The van der Waals surface area contributed by atoms with Crippen molar-refractivity contribution in [3.8, 4) is 0 Å². The average molecular weight is 369 g/mol. The molecular weight excluding hydrogens is 346 g/mol. The first-order chi connectivity index (χ1) is 13.2. The highest BCUT2D eigenvalue weighted by Gasteiger charge is 2.27. The summed E-state index contributed by atoms with van der Waals surface area (Å²) in [4.78, 5) is 14.2. The molecule has 1 aliphatic heterocycles. The Morgan fingerprint density at radius 2 is 2.15 bits per heavy atom. The van der Waals surface area contributed by atoms with Crippen LogP contribution in [0.15, 0.2) is 41.3 Å². The number of nitrogens with one attached hydrogen (secondary N) is 1. The molecule has 0 radical (unpaired) electrons. The Morgan fingerprint density at radius 3 is 2.85 bits per heavy atom. The summed E-state index contributed by atoms with van der Waals surface area (Å²) in [5, 5.41) is 15.8. The predicted octanol–water partition coefficient (Wildman–Crippen LogP) is 1.74. The Kier molecular flexibility index (Phi) is 4.91. The summed E-state index contributed by atoms with van der Waals surface area (Å²) >= 11 is 0. The number of carbonyl (C=O) groups excluding carboxylic acids is 1. The molecule has 27 heavy (non-hydrogen) atoms. The van der Waals surface area contributed by atoms with E-state index in [4.69, 9.17) is 4.42 Å². The van der Waals surface area contributed by atoms with Gasteiger partial charge in [0.25, 0.3) is 0 Å². The molecule has 9 nitrogen and oxygen atoms in total. The summed E-state index contributed by atoms with van der Waals surface area (Å²) in [6.07, 6.45) is 7.02. The van der Waals surface area contributed by atoms with Crippen LogP contribution in [-0.2, 0) is 20.1 Å². The minimum absolute atomic E-state index is 0.0535. The second-order valence-corrected chi connectivity index (χ2v) is 6.74. The van der Waals surface area contributed by atoms with E-state index in [1.807, 2.05) is 41.0 Å². The zero-order chi connectivity index (χ0) is 18.6. The van der Waals surface area contributed by atoms with Crippen LogP contribution in [0.4, 0.5) is 4.79 Å². The van der Waals surface area contributed by atoms with E-state index in [1.165, 1.54) is 0 Å². The number of rotatable bonds is 5. The summed E-state index contributed by atoms with van der Waals surface area (Å²) in [6, 6.07) is 5.50. The number of piperidine rings is 1. The van der Waals surface area contributed by atoms with Gasteiger partial charge in [0.15, 0.2) is 5.82 Å². The van der Waals surface area contributed by atoms with E-state index in [1.54, 1.807) is 12.5 Å². The number of amides is 2. The average Bonchev–Trinajstić information content (AvgIpc) is 3.44. The van der Waals surface area contributed by atoms with Crippen LogP contribution in [0.1, 0.15) is 36.2 Å². The van der Waals surface area contributed by atoms with E-state index in [0.717, 1.165) is 30.3 Å². The van der Waals surface area contributed by atoms with Gasteiger partial charge in [-0.25, -0.2) is 4.79 Å². The number of likely N-dealkylation sites (tertiary alicyclic amines) is 1. The highest BCUT2D eigenvalue weighted by atomic mass is 16.3.